The van der Waals surface area contributed by atoms with Crippen LogP contribution in [0.15, 0.2) is 54.6 Å². The number of carbonyl (C=O) groups excluding carboxylic acids is 4. The molecule has 0 N–H and O–H groups in total. The standard InChI is InChI=1S/C39H57NO9/c1-12-19-45-39(9)22-25(5)32(41)24(4)20-23(3)31(13-2)47-36(43)28(8)33(42)27(7)35(39)49-38-34(30(40(10)11)21-26(6)46-38)48-37(44)29-17-15-14-16-18-29/h12,14-18,20,23,25-28,30-31,34-35,38H,1,13,19,21-22H2,2-11H3/b24-20+/t23?,25-,26-,27+,28-,30+,31-,34-,35-,38?,39-/m1/s1. The molecule has 1 fully saturated rings. The van der Waals surface area contributed by atoms with Gasteiger partial charge in [-0.05, 0) is 78.8 Å². The molecule has 0 amide bonds. The fourth-order valence-electron chi connectivity index (χ4n) is 7.12. The molecule has 3 rings (SSSR count). The number of hydrogen-bond acceptors (Lipinski definition) is 10. The molecule has 2 aliphatic rings. The van der Waals surface area contributed by atoms with Crippen LogP contribution >= 0.6 is 0 Å². The van der Waals surface area contributed by atoms with E-state index >= 15 is 0 Å². The molecule has 0 aliphatic carbocycles. The van der Waals surface area contributed by atoms with Crippen LogP contribution in [0.2, 0.25) is 0 Å². The number of allylic oxidation sites excluding steroid dienone is 1. The predicted octanol–water partition coefficient (Wildman–Crippen LogP) is 5.98. The van der Waals surface area contributed by atoms with Crippen LogP contribution in [0.25, 0.3) is 0 Å². The minimum Gasteiger partial charge on any atom is -0.461 e. The summed E-state index contributed by atoms with van der Waals surface area (Å²) >= 11 is 0. The Kier molecular flexibility index (Phi) is 14.5. The van der Waals surface area contributed by atoms with Crippen molar-refractivity contribution in [3.63, 3.8) is 0 Å². The molecule has 1 saturated heterocycles. The number of Topliss-reactive ketones (excluding diaryl/α,β-unsaturated/α-hetero) is 2. The zero-order chi connectivity index (χ0) is 36.6. The topological polar surface area (TPSA) is 118 Å². The molecule has 1 aromatic carbocycles. The van der Waals surface area contributed by atoms with E-state index in [-0.39, 0.29) is 36.9 Å². The van der Waals surface area contributed by atoms with Gasteiger partial charge in [-0.25, -0.2) is 4.79 Å². The van der Waals surface area contributed by atoms with Crippen molar-refractivity contribution < 1.29 is 42.9 Å². The first-order chi connectivity index (χ1) is 23.0. The van der Waals surface area contributed by atoms with E-state index in [0.717, 1.165) is 0 Å². The zero-order valence-electron chi connectivity index (χ0n) is 31.0. The molecule has 2 heterocycles. The Morgan fingerprint density at radius 1 is 1.08 bits per heavy atom. The van der Waals surface area contributed by atoms with Crippen molar-refractivity contribution in [3.8, 4) is 0 Å². The number of hydrogen-bond donors (Lipinski definition) is 0. The average molecular weight is 684 g/mol. The molecular formula is C39H57NO9. The van der Waals surface area contributed by atoms with Gasteiger partial charge in [0.1, 0.15) is 12.0 Å². The van der Waals surface area contributed by atoms with Crippen LogP contribution in [0.4, 0.5) is 0 Å². The minimum absolute atomic E-state index is 0.0884. The number of nitrogens with zero attached hydrogens (tertiary/aromatic N) is 1. The summed E-state index contributed by atoms with van der Waals surface area (Å²) in [6.45, 7) is 18.3. The van der Waals surface area contributed by atoms with Gasteiger partial charge in [0.25, 0.3) is 0 Å². The fourth-order valence-corrected chi connectivity index (χ4v) is 7.12. The highest BCUT2D eigenvalue weighted by atomic mass is 16.7. The number of esters is 2. The van der Waals surface area contributed by atoms with Crippen molar-refractivity contribution in [2.75, 3.05) is 20.7 Å². The maximum absolute atomic E-state index is 14.2. The molecule has 10 nitrogen and oxygen atoms in total. The second-order valence-electron chi connectivity index (χ2n) is 14.3. The second kappa shape index (κ2) is 17.7. The van der Waals surface area contributed by atoms with E-state index in [1.165, 1.54) is 0 Å². The monoisotopic (exact) mass is 683 g/mol. The average Bonchev–Trinajstić information content (AvgIpc) is 3.07. The van der Waals surface area contributed by atoms with Crippen LogP contribution in [0, 0.1) is 23.7 Å². The molecule has 0 spiro atoms. The number of carbonyl (C=O) groups is 4. The van der Waals surface area contributed by atoms with Gasteiger partial charge >= 0.3 is 11.9 Å². The lowest BCUT2D eigenvalue weighted by Gasteiger charge is -2.47. The third-order valence-corrected chi connectivity index (χ3v) is 9.92. The van der Waals surface area contributed by atoms with Gasteiger partial charge in [0, 0.05) is 17.8 Å². The molecule has 272 valence electrons. The maximum Gasteiger partial charge on any atom is 0.338 e. The van der Waals surface area contributed by atoms with Gasteiger partial charge in [-0.3, -0.25) is 14.4 Å². The normalized spacial score (nSPS) is 36.3. The Morgan fingerprint density at radius 3 is 2.33 bits per heavy atom. The van der Waals surface area contributed by atoms with Crippen molar-refractivity contribution in [2.24, 2.45) is 23.7 Å². The third-order valence-electron chi connectivity index (χ3n) is 9.92. The molecule has 1 aromatic rings. The first-order valence-corrected chi connectivity index (χ1v) is 17.5. The smallest absolute Gasteiger partial charge is 0.338 e. The van der Waals surface area contributed by atoms with Gasteiger partial charge in [-0.15, -0.1) is 6.58 Å². The number of likely N-dealkylation sites (N-methyl/N-ethyl adjacent to an activating group) is 1. The van der Waals surface area contributed by atoms with Crippen LogP contribution in [0.1, 0.15) is 85.0 Å². The first-order valence-electron chi connectivity index (χ1n) is 17.5. The highest BCUT2D eigenvalue weighted by Crippen LogP contribution is 2.38. The number of rotatable bonds is 9. The number of ketones is 2. The Bertz CT molecular complexity index is 1340. The number of ether oxygens (including phenoxy) is 5. The molecule has 2 unspecified atom stereocenters. The van der Waals surface area contributed by atoms with Gasteiger partial charge in [0.05, 0.1) is 36.0 Å². The quantitative estimate of drug-likeness (QED) is 0.175. The summed E-state index contributed by atoms with van der Waals surface area (Å²) in [5.41, 5.74) is -0.324. The summed E-state index contributed by atoms with van der Waals surface area (Å²) in [5, 5.41) is 0. The summed E-state index contributed by atoms with van der Waals surface area (Å²) in [5.74, 6) is -4.47. The lowest BCUT2D eigenvalue weighted by molar-refractivity contribution is -0.295. The Morgan fingerprint density at radius 2 is 1.73 bits per heavy atom. The molecule has 2 aliphatic heterocycles. The van der Waals surface area contributed by atoms with E-state index in [4.69, 9.17) is 23.7 Å². The van der Waals surface area contributed by atoms with Gasteiger partial charge < -0.3 is 28.6 Å². The van der Waals surface area contributed by atoms with E-state index in [9.17, 15) is 19.2 Å². The van der Waals surface area contributed by atoms with Crippen LogP contribution < -0.4 is 0 Å². The van der Waals surface area contributed by atoms with Crippen molar-refractivity contribution in [2.45, 2.75) is 117 Å². The maximum atomic E-state index is 14.2. The Balaban J connectivity index is 2.16. The molecule has 0 saturated carbocycles. The highest BCUT2D eigenvalue weighted by Gasteiger charge is 2.51. The molecule has 0 aromatic heterocycles. The Hall–Kier alpha value is -3.18. The van der Waals surface area contributed by atoms with Gasteiger partial charge in [-0.1, -0.05) is 58.0 Å². The number of benzene rings is 1. The number of cyclic esters (lactones) is 1. The molecule has 0 bridgehead atoms. The van der Waals surface area contributed by atoms with E-state index in [2.05, 4.69) is 6.58 Å². The summed E-state index contributed by atoms with van der Waals surface area (Å²) in [7, 11) is 3.80. The Labute approximate surface area is 292 Å². The van der Waals surface area contributed by atoms with Crippen LogP contribution in [-0.2, 0) is 38.1 Å². The first kappa shape index (κ1) is 40.3. The van der Waals surface area contributed by atoms with Crippen molar-refractivity contribution in [1.29, 1.82) is 0 Å². The lowest BCUT2D eigenvalue weighted by atomic mass is 9.77. The van der Waals surface area contributed by atoms with E-state index in [1.807, 2.05) is 58.8 Å². The molecule has 49 heavy (non-hydrogen) atoms. The van der Waals surface area contributed by atoms with E-state index < -0.39 is 65.7 Å². The minimum atomic E-state index is -1.25. The zero-order valence-corrected chi connectivity index (χ0v) is 31.0. The van der Waals surface area contributed by atoms with E-state index in [1.54, 1.807) is 58.0 Å². The summed E-state index contributed by atoms with van der Waals surface area (Å²) in [6, 6.07) is 8.39. The van der Waals surface area contributed by atoms with Crippen molar-refractivity contribution in [3.05, 3.63) is 60.2 Å². The van der Waals surface area contributed by atoms with Gasteiger partial charge in [0.2, 0.25) is 0 Å². The third kappa shape index (κ3) is 9.96. The van der Waals surface area contributed by atoms with Gasteiger partial charge in [-0.2, -0.15) is 0 Å². The summed E-state index contributed by atoms with van der Waals surface area (Å²) in [6.07, 6.45) is 0.837. The fraction of sp³-hybridized carbons (Fsp3) is 0.641. The van der Waals surface area contributed by atoms with Crippen molar-refractivity contribution in [1.82, 2.24) is 4.90 Å². The molecule has 11 atom stereocenters. The van der Waals surface area contributed by atoms with Crippen LogP contribution in [0.3, 0.4) is 0 Å². The van der Waals surface area contributed by atoms with Crippen molar-refractivity contribution >= 4 is 23.5 Å². The molecule has 0 radical (unpaired) electrons. The summed E-state index contributed by atoms with van der Waals surface area (Å²) < 4.78 is 31.7. The lowest BCUT2D eigenvalue weighted by Crippen LogP contribution is -2.60. The SMILES string of the molecule is C=CCO[C@]1(C)C[C@@H](C)C(=O)/C(C)=C/C(C)[C@@H](CC)OC(=O)[C@H](C)C(=O)[C@H](C)[C@H]1OC1O[C@H](C)C[C@H](N(C)C)[C@H]1OC(=O)c1ccccc1. The highest BCUT2D eigenvalue weighted by molar-refractivity contribution is 6.00. The summed E-state index contributed by atoms with van der Waals surface area (Å²) in [4.78, 5) is 56.9. The molecular weight excluding hydrogens is 626 g/mol. The molecule has 10 heteroatoms. The predicted molar refractivity (Wildman–Crippen MR) is 187 cm³/mol. The van der Waals surface area contributed by atoms with Gasteiger partial charge in [0.15, 0.2) is 24.0 Å². The largest absolute Gasteiger partial charge is 0.461 e. The van der Waals surface area contributed by atoms with Crippen LogP contribution in [0.5, 0.6) is 0 Å². The van der Waals surface area contributed by atoms with E-state index in [0.29, 0.717) is 24.0 Å². The second-order valence-corrected chi connectivity index (χ2v) is 14.3. The van der Waals surface area contributed by atoms with Crippen LogP contribution in [-0.4, -0.2) is 91.5 Å².